The third kappa shape index (κ3) is 4.94. The summed E-state index contributed by atoms with van der Waals surface area (Å²) >= 11 is 0. The van der Waals surface area contributed by atoms with Gasteiger partial charge in [0.2, 0.25) is 17.7 Å². The fourth-order valence-corrected chi connectivity index (χ4v) is 5.67. The molecule has 1 aromatic carbocycles. The number of methoxy groups -OCH3 is 1. The van der Waals surface area contributed by atoms with E-state index in [9.17, 15) is 19.6 Å². The first-order chi connectivity index (χ1) is 18.0. The molecule has 0 spiro atoms. The highest BCUT2D eigenvalue weighted by Gasteiger charge is 2.44. The van der Waals surface area contributed by atoms with Gasteiger partial charge in [0.25, 0.3) is 0 Å². The van der Waals surface area contributed by atoms with Crippen LogP contribution in [-0.4, -0.2) is 65.9 Å². The molecular formula is C27H30N6O4. The maximum Gasteiger partial charge on any atom is 0.246 e. The number of amides is 3. The topological polar surface area (TPSA) is 136 Å². The highest BCUT2D eigenvalue weighted by Crippen LogP contribution is 2.37. The Hall–Kier alpha value is -4.13. The number of carbonyl (C=O) groups excluding carboxylic acids is 3. The van der Waals surface area contributed by atoms with Crippen LogP contribution in [0.3, 0.4) is 0 Å². The van der Waals surface area contributed by atoms with E-state index < -0.39 is 18.1 Å². The maximum atomic E-state index is 13.8. The van der Waals surface area contributed by atoms with E-state index in [1.165, 1.54) is 0 Å². The van der Waals surface area contributed by atoms with Gasteiger partial charge >= 0.3 is 0 Å². The van der Waals surface area contributed by atoms with E-state index in [1.807, 2.05) is 30.3 Å². The predicted molar refractivity (Wildman–Crippen MR) is 134 cm³/mol. The van der Waals surface area contributed by atoms with Crippen LogP contribution in [0.15, 0.2) is 42.7 Å². The zero-order valence-corrected chi connectivity index (χ0v) is 20.6. The number of hydrogen-bond donors (Lipinski definition) is 3. The number of hydrogen-bond acceptors (Lipinski definition) is 7. The van der Waals surface area contributed by atoms with Crippen molar-refractivity contribution in [2.45, 2.75) is 49.7 Å². The number of fused-ring (bicyclic) bond motifs is 1. The zero-order valence-electron chi connectivity index (χ0n) is 20.6. The molecule has 3 N–H and O–H groups in total. The second kappa shape index (κ2) is 10.5. The van der Waals surface area contributed by atoms with Gasteiger partial charge < -0.3 is 25.6 Å². The van der Waals surface area contributed by atoms with Gasteiger partial charge in [0, 0.05) is 55.0 Å². The van der Waals surface area contributed by atoms with E-state index in [1.54, 1.807) is 24.4 Å². The van der Waals surface area contributed by atoms with Gasteiger partial charge in [-0.15, -0.1) is 0 Å². The van der Waals surface area contributed by atoms with Crippen molar-refractivity contribution in [1.82, 2.24) is 20.5 Å². The van der Waals surface area contributed by atoms with Crippen molar-refractivity contribution in [2.24, 2.45) is 5.92 Å². The number of nitrogens with one attached hydrogen (secondary N) is 3. The molecule has 2 aromatic rings. The quantitative estimate of drug-likeness (QED) is 0.520. The molecule has 4 heterocycles. The van der Waals surface area contributed by atoms with Crippen LogP contribution in [0, 0.1) is 17.2 Å². The number of likely N-dealkylation sites (tertiary alicyclic amines) is 1. The van der Waals surface area contributed by atoms with Gasteiger partial charge in [0.15, 0.2) is 0 Å². The van der Waals surface area contributed by atoms with E-state index in [-0.39, 0.29) is 36.0 Å². The number of rotatable bonds is 7. The summed E-state index contributed by atoms with van der Waals surface area (Å²) in [6.07, 6.45) is 5.20. The third-order valence-electron chi connectivity index (χ3n) is 7.61. The molecule has 5 atom stereocenters. The van der Waals surface area contributed by atoms with Crippen molar-refractivity contribution >= 4 is 23.4 Å². The minimum atomic E-state index is -0.809. The Morgan fingerprint density at radius 2 is 2.11 bits per heavy atom. The molecule has 10 nitrogen and oxygen atoms in total. The Balaban J connectivity index is 1.34. The lowest BCUT2D eigenvalue weighted by Gasteiger charge is -2.27. The molecule has 1 aromatic heterocycles. The number of benzene rings is 1. The van der Waals surface area contributed by atoms with Crippen LogP contribution < -0.4 is 20.7 Å². The molecule has 3 aliphatic heterocycles. The van der Waals surface area contributed by atoms with Crippen LogP contribution in [0.25, 0.3) is 0 Å². The van der Waals surface area contributed by atoms with E-state index in [4.69, 9.17) is 4.74 Å². The summed E-state index contributed by atoms with van der Waals surface area (Å²) in [5, 5.41) is 18.6. The molecule has 5 rings (SSSR count). The summed E-state index contributed by atoms with van der Waals surface area (Å²) in [5.74, 6) is -0.249. The first-order valence-corrected chi connectivity index (χ1v) is 12.6. The Kier molecular flexibility index (Phi) is 6.95. The van der Waals surface area contributed by atoms with E-state index in [0.29, 0.717) is 32.4 Å². The minimum absolute atomic E-state index is 0.0397. The van der Waals surface area contributed by atoms with Gasteiger partial charge in [-0.1, -0.05) is 6.07 Å². The minimum Gasteiger partial charge on any atom is -0.496 e. The molecule has 3 aliphatic rings. The predicted octanol–water partition coefficient (Wildman–Crippen LogP) is 1.35. The first-order valence-electron chi connectivity index (χ1n) is 12.6. The van der Waals surface area contributed by atoms with Crippen LogP contribution in [-0.2, 0) is 20.8 Å². The molecule has 0 aliphatic carbocycles. The number of nitriles is 1. The van der Waals surface area contributed by atoms with Crippen LogP contribution in [0.2, 0.25) is 0 Å². The summed E-state index contributed by atoms with van der Waals surface area (Å²) in [7, 11) is 1.60. The molecule has 2 saturated heterocycles. The van der Waals surface area contributed by atoms with Crippen molar-refractivity contribution < 1.29 is 19.1 Å². The molecule has 0 saturated carbocycles. The van der Waals surface area contributed by atoms with Crippen LogP contribution in [0.1, 0.15) is 36.3 Å². The number of carbonyl (C=O) groups is 3. The number of ether oxygens (including phenoxy) is 1. The highest BCUT2D eigenvalue weighted by molar-refractivity contribution is 5.93. The van der Waals surface area contributed by atoms with E-state index >= 15 is 0 Å². The molecule has 10 heteroatoms. The fraction of sp³-hybridized carbons (Fsp3) is 0.444. The largest absolute Gasteiger partial charge is 0.496 e. The van der Waals surface area contributed by atoms with Crippen LogP contribution in [0.4, 0.5) is 5.69 Å². The second-order valence-corrected chi connectivity index (χ2v) is 9.81. The summed E-state index contributed by atoms with van der Waals surface area (Å²) in [6.45, 7) is 0.963. The first kappa shape index (κ1) is 24.6. The number of anilines is 1. The average molecular weight is 503 g/mol. The molecule has 0 radical (unpaired) electrons. The monoisotopic (exact) mass is 502 g/mol. The molecule has 1 unspecified atom stereocenters. The lowest BCUT2D eigenvalue weighted by Crippen LogP contribution is -2.52. The molecule has 2 fully saturated rings. The van der Waals surface area contributed by atoms with Crippen LogP contribution in [0.5, 0.6) is 5.75 Å². The van der Waals surface area contributed by atoms with Gasteiger partial charge in [-0.3, -0.25) is 19.4 Å². The van der Waals surface area contributed by atoms with Crippen molar-refractivity contribution in [3.63, 3.8) is 0 Å². The zero-order chi connectivity index (χ0) is 25.9. The van der Waals surface area contributed by atoms with E-state index in [0.717, 1.165) is 22.6 Å². The normalized spacial score (nSPS) is 25.0. The SMILES string of the molecule is COc1cccc2c1CC(C(=O)N1C[C@H](c3ccncc3)C[C@H]1C(=O)N[C@H](C#N)C[C@@H]1CCNC1=O)N2. The Morgan fingerprint density at radius 1 is 1.30 bits per heavy atom. The third-order valence-corrected chi connectivity index (χ3v) is 7.61. The molecular weight excluding hydrogens is 472 g/mol. The van der Waals surface area contributed by atoms with Gasteiger partial charge in [-0.05, 0) is 49.1 Å². The number of pyridine rings is 1. The molecule has 3 amide bonds. The highest BCUT2D eigenvalue weighted by atomic mass is 16.5. The molecule has 37 heavy (non-hydrogen) atoms. The Morgan fingerprint density at radius 3 is 2.81 bits per heavy atom. The van der Waals surface area contributed by atoms with Crippen molar-refractivity contribution in [1.29, 1.82) is 5.26 Å². The lowest BCUT2D eigenvalue weighted by molar-refractivity contribution is -0.139. The van der Waals surface area contributed by atoms with Crippen LogP contribution >= 0.6 is 0 Å². The average Bonchev–Trinajstić information content (AvgIpc) is 3.66. The van der Waals surface area contributed by atoms with Gasteiger partial charge in [0.1, 0.15) is 23.9 Å². The fourth-order valence-electron chi connectivity index (χ4n) is 5.67. The summed E-state index contributed by atoms with van der Waals surface area (Å²) in [6, 6.07) is 9.51. The summed E-state index contributed by atoms with van der Waals surface area (Å²) in [4.78, 5) is 45.0. The van der Waals surface area contributed by atoms with Crippen molar-refractivity contribution in [3.8, 4) is 11.8 Å². The van der Waals surface area contributed by atoms with Crippen molar-refractivity contribution in [3.05, 3.63) is 53.9 Å². The summed E-state index contributed by atoms with van der Waals surface area (Å²) < 4.78 is 5.47. The summed E-state index contributed by atoms with van der Waals surface area (Å²) in [5.41, 5.74) is 2.79. The van der Waals surface area contributed by atoms with Crippen molar-refractivity contribution in [2.75, 3.05) is 25.5 Å². The van der Waals surface area contributed by atoms with E-state index in [2.05, 4.69) is 27.0 Å². The number of nitrogens with zero attached hydrogens (tertiary/aromatic N) is 3. The standard InChI is InChI=1S/C27H30N6O4/c1-37-24-4-2-3-21-20(24)13-22(32-21)27(36)33-15-18(16-5-8-29-9-6-16)12-23(33)26(35)31-19(14-28)11-17-7-10-30-25(17)34/h2-6,8-9,17-19,22-23,32H,7,10-13,15H2,1H3,(H,30,34)(H,31,35)/t17-,18+,19-,22?,23-/m0/s1. The Labute approximate surface area is 215 Å². The van der Waals surface area contributed by atoms with Gasteiger partial charge in [-0.2, -0.15) is 5.26 Å². The van der Waals surface area contributed by atoms with Gasteiger partial charge in [0.05, 0.1) is 13.2 Å². The Bertz CT molecular complexity index is 1230. The second-order valence-electron chi connectivity index (χ2n) is 9.81. The molecule has 0 bridgehead atoms. The van der Waals surface area contributed by atoms with Gasteiger partial charge in [-0.25, -0.2) is 0 Å². The lowest BCUT2D eigenvalue weighted by atomic mass is 9.96. The maximum absolute atomic E-state index is 13.8. The smallest absolute Gasteiger partial charge is 0.246 e. The molecule has 192 valence electrons. The number of aromatic nitrogens is 1.